The molecule has 0 spiro atoms. The molecule has 0 heterocycles. The Morgan fingerprint density at radius 1 is 1.22 bits per heavy atom. The second-order valence-electron chi connectivity index (χ2n) is 4.55. The number of ether oxygens (including phenoxy) is 1. The topological polar surface area (TPSA) is 52.4 Å². The van der Waals surface area contributed by atoms with Crippen LogP contribution in [0.3, 0.4) is 0 Å². The Labute approximate surface area is 106 Å². The molecule has 1 aromatic rings. The quantitative estimate of drug-likeness (QED) is 0.466. The Bertz CT molecular complexity index is 467. The van der Waals surface area contributed by atoms with Crippen LogP contribution in [0.15, 0.2) is 24.3 Å². The summed E-state index contributed by atoms with van der Waals surface area (Å²) in [7, 11) is 0. The molecule has 0 atom stereocenters. The number of benzene rings is 1. The summed E-state index contributed by atoms with van der Waals surface area (Å²) < 4.78 is 5.87. The average molecular weight is 245 g/mol. The molecule has 1 aliphatic carbocycles. The fourth-order valence-corrected chi connectivity index (χ4v) is 2.26. The van der Waals surface area contributed by atoms with Gasteiger partial charge in [0.15, 0.2) is 5.60 Å². The molecule has 1 saturated carbocycles. The van der Waals surface area contributed by atoms with Gasteiger partial charge in [0.2, 0.25) is 0 Å². The zero-order valence-corrected chi connectivity index (χ0v) is 10.1. The first kappa shape index (κ1) is 12.4. The second-order valence-corrected chi connectivity index (χ2v) is 4.55. The summed E-state index contributed by atoms with van der Waals surface area (Å²) in [5.74, 6) is 3.34. The zero-order chi connectivity index (χ0) is 13.0. The van der Waals surface area contributed by atoms with E-state index in [0.29, 0.717) is 5.75 Å². The SMILES string of the molecule is C#CC1(Oc2ccc([N+](=O)[O-])cc2)CCCCC1. The highest BCUT2D eigenvalue weighted by Crippen LogP contribution is 2.33. The number of nitrogens with zero attached hydrogens (tertiary/aromatic N) is 1. The number of hydrogen-bond donors (Lipinski definition) is 0. The van der Waals surface area contributed by atoms with Crippen LogP contribution in [0.4, 0.5) is 5.69 Å². The lowest BCUT2D eigenvalue weighted by atomic mass is 9.85. The first-order valence-corrected chi connectivity index (χ1v) is 6.06. The fourth-order valence-electron chi connectivity index (χ4n) is 2.26. The number of hydrogen-bond acceptors (Lipinski definition) is 3. The van der Waals surface area contributed by atoms with Crippen LogP contribution in [0.2, 0.25) is 0 Å². The number of non-ortho nitro benzene ring substituents is 1. The van der Waals surface area contributed by atoms with E-state index in [1.54, 1.807) is 12.1 Å². The molecule has 0 amide bonds. The summed E-state index contributed by atoms with van der Waals surface area (Å²) in [6.07, 6.45) is 10.6. The Morgan fingerprint density at radius 3 is 2.33 bits per heavy atom. The molecule has 4 nitrogen and oxygen atoms in total. The molecular formula is C14H15NO3. The minimum Gasteiger partial charge on any atom is -0.475 e. The molecule has 0 N–H and O–H groups in total. The predicted molar refractivity (Wildman–Crippen MR) is 68.4 cm³/mol. The van der Waals surface area contributed by atoms with Crippen LogP contribution >= 0.6 is 0 Å². The van der Waals surface area contributed by atoms with Gasteiger partial charge >= 0.3 is 0 Å². The normalized spacial score (nSPS) is 17.7. The van der Waals surface area contributed by atoms with Crippen molar-refractivity contribution in [3.8, 4) is 18.1 Å². The van der Waals surface area contributed by atoms with E-state index in [-0.39, 0.29) is 5.69 Å². The van der Waals surface area contributed by atoms with Gasteiger partial charge in [0.05, 0.1) is 4.92 Å². The van der Waals surface area contributed by atoms with Crippen LogP contribution in [-0.2, 0) is 0 Å². The summed E-state index contributed by atoms with van der Waals surface area (Å²) in [6, 6.07) is 6.07. The number of nitro benzene ring substituents is 1. The third-order valence-corrected chi connectivity index (χ3v) is 3.29. The minimum atomic E-state index is -0.533. The molecule has 0 radical (unpaired) electrons. The van der Waals surface area contributed by atoms with Crippen LogP contribution in [0.5, 0.6) is 5.75 Å². The molecule has 0 aliphatic heterocycles. The Balaban J connectivity index is 2.12. The van der Waals surface area contributed by atoms with Crippen LogP contribution < -0.4 is 4.74 Å². The molecular weight excluding hydrogens is 230 g/mol. The Morgan fingerprint density at radius 2 is 1.83 bits per heavy atom. The average Bonchev–Trinajstić information content (AvgIpc) is 2.40. The van der Waals surface area contributed by atoms with Gasteiger partial charge in [-0.2, -0.15) is 0 Å². The van der Waals surface area contributed by atoms with Gasteiger partial charge in [-0.3, -0.25) is 10.1 Å². The lowest BCUT2D eigenvalue weighted by molar-refractivity contribution is -0.384. The van der Waals surface area contributed by atoms with E-state index in [1.807, 2.05) is 0 Å². The molecule has 0 bridgehead atoms. The highest BCUT2D eigenvalue weighted by Gasteiger charge is 2.32. The molecule has 0 aromatic heterocycles. The second kappa shape index (κ2) is 5.09. The smallest absolute Gasteiger partial charge is 0.269 e. The number of terminal acetylenes is 1. The van der Waals surface area contributed by atoms with Crippen molar-refractivity contribution in [2.75, 3.05) is 0 Å². The Kier molecular flexibility index (Phi) is 3.52. The number of nitro groups is 1. The van der Waals surface area contributed by atoms with Crippen molar-refractivity contribution < 1.29 is 9.66 Å². The van der Waals surface area contributed by atoms with E-state index in [0.717, 1.165) is 25.7 Å². The van der Waals surface area contributed by atoms with E-state index < -0.39 is 10.5 Å². The van der Waals surface area contributed by atoms with E-state index in [4.69, 9.17) is 11.2 Å². The van der Waals surface area contributed by atoms with Gasteiger partial charge in [0, 0.05) is 12.1 Å². The van der Waals surface area contributed by atoms with Crippen molar-refractivity contribution >= 4 is 5.69 Å². The van der Waals surface area contributed by atoms with Crippen LogP contribution in [0.25, 0.3) is 0 Å². The predicted octanol–water partition coefficient (Wildman–Crippen LogP) is 3.31. The van der Waals surface area contributed by atoms with E-state index in [9.17, 15) is 10.1 Å². The van der Waals surface area contributed by atoms with Gasteiger partial charge < -0.3 is 4.74 Å². The summed E-state index contributed by atoms with van der Waals surface area (Å²) in [6.45, 7) is 0. The van der Waals surface area contributed by atoms with Crippen molar-refractivity contribution in [2.24, 2.45) is 0 Å². The summed E-state index contributed by atoms with van der Waals surface area (Å²) in [4.78, 5) is 10.1. The van der Waals surface area contributed by atoms with Crippen LogP contribution in [0, 0.1) is 22.5 Å². The highest BCUT2D eigenvalue weighted by atomic mass is 16.6. The molecule has 18 heavy (non-hydrogen) atoms. The van der Waals surface area contributed by atoms with Gasteiger partial charge in [0.1, 0.15) is 5.75 Å². The molecule has 1 fully saturated rings. The van der Waals surface area contributed by atoms with Crippen molar-refractivity contribution in [3.63, 3.8) is 0 Å². The third kappa shape index (κ3) is 2.62. The molecule has 1 aromatic carbocycles. The third-order valence-electron chi connectivity index (χ3n) is 3.29. The van der Waals surface area contributed by atoms with Crippen molar-refractivity contribution in [2.45, 2.75) is 37.7 Å². The Hall–Kier alpha value is -2.02. The van der Waals surface area contributed by atoms with Crippen molar-refractivity contribution in [1.29, 1.82) is 0 Å². The van der Waals surface area contributed by atoms with Gasteiger partial charge in [-0.1, -0.05) is 12.3 Å². The lowest BCUT2D eigenvalue weighted by Gasteiger charge is -2.33. The molecule has 1 aliphatic rings. The molecule has 0 saturated heterocycles. The first-order chi connectivity index (χ1) is 8.65. The van der Waals surface area contributed by atoms with E-state index in [1.165, 1.54) is 18.6 Å². The highest BCUT2D eigenvalue weighted by molar-refractivity contribution is 5.37. The van der Waals surface area contributed by atoms with Crippen LogP contribution in [0.1, 0.15) is 32.1 Å². The maximum Gasteiger partial charge on any atom is 0.269 e. The number of rotatable bonds is 3. The van der Waals surface area contributed by atoms with Gasteiger partial charge in [0.25, 0.3) is 5.69 Å². The van der Waals surface area contributed by atoms with Crippen molar-refractivity contribution in [3.05, 3.63) is 34.4 Å². The van der Waals surface area contributed by atoms with Crippen molar-refractivity contribution in [1.82, 2.24) is 0 Å². The standard InChI is InChI=1S/C14H15NO3/c1-2-14(10-4-3-5-11-14)18-13-8-6-12(7-9-13)15(16)17/h1,6-9H,3-5,10-11H2. The van der Waals surface area contributed by atoms with E-state index >= 15 is 0 Å². The maximum absolute atomic E-state index is 10.6. The van der Waals surface area contributed by atoms with Gasteiger partial charge in [-0.15, -0.1) is 6.42 Å². The summed E-state index contributed by atoms with van der Waals surface area (Å²) in [5.41, 5.74) is -0.477. The zero-order valence-electron chi connectivity index (χ0n) is 10.1. The lowest BCUT2D eigenvalue weighted by Crippen LogP contribution is -2.36. The van der Waals surface area contributed by atoms with E-state index in [2.05, 4.69) is 5.92 Å². The minimum absolute atomic E-state index is 0.0563. The molecule has 0 unspecified atom stereocenters. The first-order valence-electron chi connectivity index (χ1n) is 6.06. The largest absolute Gasteiger partial charge is 0.475 e. The van der Waals surface area contributed by atoms with Gasteiger partial charge in [-0.25, -0.2) is 0 Å². The molecule has 2 rings (SSSR count). The van der Waals surface area contributed by atoms with Crippen LogP contribution in [-0.4, -0.2) is 10.5 Å². The monoisotopic (exact) mass is 245 g/mol. The summed E-state index contributed by atoms with van der Waals surface area (Å²) in [5, 5.41) is 10.6. The summed E-state index contributed by atoms with van der Waals surface area (Å²) >= 11 is 0. The maximum atomic E-state index is 10.6. The molecule has 94 valence electrons. The molecule has 4 heteroatoms. The van der Waals surface area contributed by atoms with Gasteiger partial charge in [-0.05, 0) is 37.8 Å². The fraction of sp³-hybridized carbons (Fsp3) is 0.429.